The molecule has 0 fully saturated rings. The lowest BCUT2D eigenvalue weighted by atomic mass is 10.2. The lowest BCUT2D eigenvalue weighted by Crippen LogP contribution is -2.30. The SMILES string of the molecule is CCOC(=O)c1nn(-c2ccccc2)c(=O)cc1OCC(=O)NCc1cccc(OC)c1. The lowest BCUT2D eigenvalue weighted by molar-refractivity contribution is -0.123. The number of methoxy groups -OCH3 is 1. The van der Waals surface area contributed by atoms with Crippen molar-refractivity contribution in [2.75, 3.05) is 20.3 Å². The molecule has 0 atom stereocenters. The standard InChI is InChI=1S/C23H23N3O6/c1-3-31-23(29)22-19(13-21(28)26(25-22)17-9-5-4-6-10-17)32-15-20(27)24-14-16-8-7-11-18(12-16)30-2/h4-13H,3,14-15H2,1-2H3,(H,24,27). The summed E-state index contributed by atoms with van der Waals surface area (Å²) in [6, 6.07) is 17.0. The highest BCUT2D eigenvalue weighted by Crippen LogP contribution is 2.16. The zero-order chi connectivity index (χ0) is 22.9. The van der Waals surface area contributed by atoms with Crippen LogP contribution in [0.15, 0.2) is 65.5 Å². The number of hydrogen-bond acceptors (Lipinski definition) is 7. The van der Waals surface area contributed by atoms with E-state index in [1.807, 2.05) is 12.1 Å². The normalized spacial score (nSPS) is 10.3. The van der Waals surface area contributed by atoms with E-state index in [9.17, 15) is 14.4 Å². The molecular weight excluding hydrogens is 414 g/mol. The lowest BCUT2D eigenvalue weighted by Gasteiger charge is -2.13. The molecule has 1 aromatic heterocycles. The Morgan fingerprint density at radius 2 is 1.84 bits per heavy atom. The topological polar surface area (TPSA) is 109 Å². The monoisotopic (exact) mass is 437 g/mol. The Bertz CT molecular complexity index is 1140. The molecule has 0 spiro atoms. The van der Waals surface area contributed by atoms with Crippen LogP contribution in [0.1, 0.15) is 23.0 Å². The molecule has 0 aliphatic rings. The van der Waals surface area contributed by atoms with E-state index >= 15 is 0 Å². The number of ether oxygens (including phenoxy) is 3. The minimum atomic E-state index is -0.760. The van der Waals surface area contributed by atoms with Crippen molar-refractivity contribution < 1.29 is 23.8 Å². The number of aromatic nitrogens is 2. The predicted octanol–water partition coefficient (Wildman–Crippen LogP) is 2.11. The largest absolute Gasteiger partial charge is 0.497 e. The number of carbonyl (C=O) groups excluding carboxylic acids is 2. The summed E-state index contributed by atoms with van der Waals surface area (Å²) >= 11 is 0. The van der Waals surface area contributed by atoms with E-state index in [2.05, 4.69) is 10.4 Å². The van der Waals surface area contributed by atoms with Gasteiger partial charge in [-0.05, 0) is 36.8 Å². The van der Waals surface area contributed by atoms with Gasteiger partial charge in [0.2, 0.25) is 5.69 Å². The first kappa shape index (κ1) is 22.5. The van der Waals surface area contributed by atoms with Crippen molar-refractivity contribution >= 4 is 11.9 Å². The van der Waals surface area contributed by atoms with Crippen molar-refractivity contribution in [1.29, 1.82) is 0 Å². The van der Waals surface area contributed by atoms with E-state index in [4.69, 9.17) is 14.2 Å². The highest BCUT2D eigenvalue weighted by molar-refractivity contribution is 5.90. The van der Waals surface area contributed by atoms with Gasteiger partial charge in [0.05, 0.1) is 25.5 Å². The van der Waals surface area contributed by atoms with Crippen LogP contribution in [-0.2, 0) is 16.1 Å². The smallest absolute Gasteiger partial charge is 0.362 e. The maximum absolute atomic E-state index is 12.5. The summed E-state index contributed by atoms with van der Waals surface area (Å²) < 4.78 is 16.7. The molecule has 1 heterocycles. The summed E-state index contributed by atoms with van der Waals surface area (Å²) in [4.78, 5) is 37.2. The number of benzene rings is 2. The molecule has 0 saturated carbocycles. The molecule has 1 N–H and O–H groups in total. The zero-order valence-corrected chi connectivity index (χ0v) is 17.7. The molecule has 0 aliphatic heterocycles. The molecule has 166 valence electrons. The molecule has 1 amide bonds. The van der Waals surface area contributed by atoms with Crippen molar-refractivity contribution in [3.8, 4) is 17.2 Å². The van der Waals surface area contributed by atoms with E-state index in [0.717, 1.165) is 16.3 Å². The molecule has 2 aromatic carbocycles. The number of nitrogens with zero attached hydrogens (tertiary/aromatic N) is 2. The average molecular weight is 437 g/mol. The Kier molecular flexibility index (Phi) is 7.58. The Morgan fingerprint density at radius 1 is 1.06 bits per heavy atom. The number of hydrogen-bond donors (Lipinski definition) is 1. The van der Waals surface area contributed by atoms with Crippen LogP contribution in [0.2, 0.25) is 0 Å². The highest BCUT2D eigenvalue weighted by atomic mass is 16.5. The van der Waals surface area contributed by atoms with Crippen molar-refractivity contribution in [2.45, 2.75) is 13.5 Å². The second-order valence-corrected chi connectivity index (χ2v) is 6.58. The summed E-state index contributed by atoms with van der Waals surface area (Å²) in [6.45, 7) is 1.62. The van der Waals surface area contributed by atoms with Crippen LogP contribution < -0.4 is 20.3 Å². The second-order valence-electron chi connectivity index (χ2n) is 6.58. The number of amides is 1. The first-order valence-electron chi connectivity index (χ1n) is 9.91. The number of carbonyl (C=O) groups is 2. The van der Waals surface area contributed by atoms with E-state index in [-0.39, 0.29) is 24.6 Å². The Morgan fingerprint density at radius 3 is 2.56 bits per heavy atom. The third-order valence-corrected chi connectivity index (χ3v) is 4.35. The molecule has 32 heavy (non-hydrogen) atoms. The van der Waals surface area contributed by atoms with Gasteiger partial charge in [-0.1, -0.05) is 30.3 Å². The van der Waals surface area contributed by atoms with Crippen molar-refractivity contribution in [3.63, 3.8) is 0 Å². The van der Waals surface area contributed by atoms with E-state index in [1.54, 1.807) is 56.5 Å². The minimum absolute atomic E-state index is 0.117. The Labute approximate surface area is 184 Å². The van der Waals surface area contributed by atoms with Gasteiger partial charge in [-0.2, -0.15) is 9.78 Å². The number of nitrogens with one attached hydrogen (secondary N) is 1. The van der Waals surface area contributed by atoms with Gasteiger partial charge in [0.25, 0.3) is 11.5 Å². The van der Waals surface area contributed by atoms with E-state index in [1.165, 1.54) is 0 Å². The quantitative estimate of drug-likeness (QED) is 0.511. The van der Waals surface area contributed by atoms with Crippen LogP contribution in [0.4, 0.5) is 0 Å². The minimum Gasteiger partial charge on any atom is -0.497 e. The highest BCUT2D eigenvalue weighted by Gasteiger charge is 2.20. The van der Waals surface area contributed by atoms with Gasteiger partial charge in [0.1, 0.15) is 5.75 Å². The van der Waals surface area contributed by atoms with Gasteiger partial charge >= 0.3 is 5.97 Å². The molecule has 9 nitrogen and oxygen atoms in total. The van der Waals surface area contributed by atoms with Gasteiger partial charge in [-0.25, -0.2) is 4.79 Å². The molecule has 0 unspecified atom stereocenters. The summed E-state index contributed by atoms with van der Waals surface area (Å²) in [7, 11) is 1.56. The zero-order valence-electron chi connectivity index (χ0n) is 17.7. The van der Waals surface area contributed by atoms with Gasteiger partial charge < -0.3 is 19.5 Å². The number of esters is 1. The first-order valence-corrected chi connectivity index (χ1v) is 9.91. The Hall–Kier alpha value is -4.14. The number of para-hydroxylation sites is 1. The van der Waals surface area contributed by atoms with Crippen LogP contribution in [0.25, 0.3) is 5.69 Å². The molecule has 0 radical (unpaired) electrons. The fourth-order valence-electron chi connectivity index (χ4n) is 2.82. The van der Waals surface area contributed by atoms with Gasteiger partial charge in [-0.3, -0.25) is 9.59 Å². The summed E-state index contributed by atoms with van der Waals surface area (Å²) in [5.74, 6) is -0.645. The molecular formula is C23H23N3O6. The summed E-state index contributed by atoms with van der Waals surface area (Å²) in [5.41, 5.74) is 0.606. The molecule has 0 aliphatic carbocycles. The van der Waals surface area contributed by atoms with Gasteiger partial charge in [0.15, 0.2) is 12.4 Å². The van der Waals surface area contributed by atoms with Crippen molar-refractivity contribution in [2.24, 2.45) is 0 Å². The summed E-state index contributed by atoms with van der Waals surface area (Å²) in [6.07, 6.45) is 0. The van der Waals surface area contributed by atoms with Crippen molar-refractivity contribution in [1.82, 2.24) is 15.1 Å². The van der Waals surface area contributed by atoms with Crippen LogP contribution in [0.3, 0.4) is 0 Å². The molecule has 3 aromatic rings. The fourth-order valence-corrected chi connectivity index (χ4v) is 2.82. The van der Waals surface area contributed by atoms with Gasteiger partial charge in [-0.15, -0.1) is 0 Å². The van der Waals surface area contributed by atoms with Crippen molar-refractivity contribution in [3.05, 3.63) is 82.3 Å². The summed E-state index contributed by atoms with van der Waals surface area (Å²) in [5, 5.41) is 6.82. The number of rotatable bonds is 9. The predicted molar refractivity (Wildman–Crippen MR) is 116 cm³/mol. The van der Waals surface area contributed by atoms with Crippen LogP contribution in [-0.4, -0.2) is 42.0 Å². The van der Waals surface area contributed by atoms with Crippen LogP contribution >= 0.6 is 0 Å². The molecule has 3 rings (SSSR count). The molecule has 9 heteroatoms. The third-order valence-electron chi connectivity index (χ3n) is 4.35. The maximum Gasteiger partial charge on any atom is 0.362 e. The van der Waals surface area contributed by atoms with Crippen LogP contribution in [0, 0.1) is 0 Å². The fraction of sp³-hybridized carbons (Fsp3) is 0.217. The molecule has 0 saturated heterocycles. The van der Waals surface area contributed by atoms with Crippen LogP contribution in [0.5, 0.6) is 11.5 Å². The van der Waals surface area contributed by atoms with Gasteiger partial charge in [0, 0.05) is 6.54 Å². The average Bonchev–Trinajstić information content (AvgIpc) is 2.82. The van der Waals surface area contributed by atoms with E-state index in [0.29, 0.717) is 11.4 Å². The molecule has 0 bridgehead atoms. The first-order chi connectivity index (χ1) is 15.5. The maximum atomic E-state index is 12.5. The van der Waals surface area contributed by atoms with E-state index < -0.39 is 24.0 Å². The Balaban J connectivity index is 1.74. The third kappa shape index (κ3) is 5.72. The second kappa shape index (κ2) is 10.8.